The first kappa shape index (κ1) is 43.3. The van der Waals surface area contributed by atoms with Gasteiger partial charge in [-0.3, -0.25) is 4.79 Å². The number of esters is 1. The summed E-state index contributed by atoms with van der Waals surface area (Å²) >= 11 is 0. The molecular formula is C51H52O4. The molecule has 0 fully saturated rings. The molecule has 0 N–H and O–H groups in total. The molecule has 0 heterocycles. The monoisotopic (exact) mass is 728 g/mol. The quantitative estimate of drug-likeness (QED) is 0.0447. The molecule has 5 aromatic carbocycles. The molecule has 0 radical (unpaired) electrons. The van der Waals surface area contributed by atoms with E-state index >= 15 is 0 Å². The number of hydrogen-bond donors (Lipinski definition) is 0. The maximum atomic E-state index is 10.8. The SMILES string of the molecule is C=CC(=O)OCCCCC#Cc1ccc2cc(C)ccc2c1.C=CC=O.CCc1cc(C)ccc1C#Cc1ccc2cc(C#CCCCCOC)ccc2c1. The number of allylic oxidation sites excluding steroid dienone is 1. The van der Waals surface area contributed by atoms with Crippen LogP contribution in [0.2, 0.25) is 0 Å². The number of rotatable bonds is 11. The Bertz CT molecular complexity index is 2240. The van der Waals surface area contributed by atoms with Gasteiger partial charge in [-0.25, -0.2) is 4.79 Å². The summed E-state index contributed by atoms with van der Waals surface area (Å²) in [6, 6.07) is 32.0. The largest absolute Gasteiger partial charge is 0.463 e. The number of methoxy groups -OCH3 is 1. The van der Waals surface area contributed by atoms with Crippen LogP contribution in [-0.4, -0.2) is 32.6 Å². The standard InChI is InChI=1S/C28H28O.C20H20O2.C3H4O/c1-4-25-19-22(2)10-14-26(25)15-11-24-13-17-27-20-23(12-16-28(27)21-24)9-7-5-6-8-18-29-3;1-3-20(21)22-13-7-5-4-6-8-17-10-12-18-14-16(2)9-11-19(18)15-17;1-2-3-4/h10,12-14,16-17,19-21H,4-6,8,18H2,1-3H3;3,9-12,14-15H,1,4-5,7,13H2,2H3;2-3H,1H2. The minimum absolute atomic E-state index is 0.363. The van der Waals surface area contributed by atoms with Gasteiger partial charge in [0.05, 0.1) is 6.61 Å². The average molecular weight is 729 g/mol. The van der Waals surface area contributed by atoms with Crippen molar-refractivity contribution in [1.82, 2.24) is 0 Å². The number of ether oxygens (including phenoxy) is 2. The predicted octanol–water partition coefficient (Wildman–Crippen LogP) is 11.0. The van der Waals surface area contributed by atoms with Crippen molar-refractivity contribution >= 4 is 33.8 Å². The summed E-state index contributed by atoms with van der Waals surface area (Å²) in [5.41, 5.74) is 8.12. The number of aryl methyl sites for hydroxylation is 3. The lowest BCUT2D eigenvalue weighted by atomic mass is 10.0. The predicted molar refractivity (Wildman–Crippen MR) is 230 cm³/mol. The molecule has 4 heteroatoms. The molecule has 0 aliphatic rings. The third-order valence-electron chi connectivity index (χ3n) is 8.39. The summed E-state index contributed by atoms with van der Waals surface area (Å²) in [5, 5.41) is 4.86. The molecule has 0 atom stereocenters. The molecule has 280 valence electrons. The Balaban J connectivity index is 0.000000278. The highest BCUT2D eigenvalue weighted by Crippen LogP contribution is 2.19. The molecule has 4 nitrogen and oxygen atoms in total. The number of fused-ring (bicyclic) bond motifs is 2. The smallest absolute Gasteiger partial charge is 0.330 e. The Morgan fingerprint density at radius 1 is 0.636 bits per heavy atom. The summed E-state index contributed by atoms with van der Waals surface area (Å²) < 4.78 is 9.97. The summed E-state index contributed by atoms with van der Waals surface area (Å²) in [7, 11) is 1.74. The number of carbonyl (C=O) groups is 2. The van der Waals surface area contributed by atoms with E-state index in [9.17, 15) is 4.79 Å². The highest BCUT2D eigenvalue weighted by Gasteiger charge is 2.00. The summed E-state index contributed by atoms with van der Waals surface area (Å²) in [5.74, 6) is 19.2. The first-order valence-corrected chi connectivity index (χ1v) is 18.8. The fraction of sp³-hybridized carbons (Fsp3) is 0.255. The average Bonchev–Trinajstić information content (AvgIpc) is 3.21. The van der Waals surface area contributed by atoms with Crippen molar-refractivity contribution in [3.05, 3.63) is 155 Å². The van der Waals surface area contributed by atoms with Crippen molar-refractivity contribution in [2.24, 2.45) is 0 Å². The molecule has 0 amide bonds. The minimum atomic E-state index is -0.363. The highest BCUT2D eigenvalue weighted by atomic mass is 16.5. The second kappa shape index (κ2) is 25.0. The zero-order chi connectivity index (χ0) is 39.7. The normalized spacial score (nSPS) is 9.67. The van der Waals surface area contributed by atoms with Gasteiger partial charge in [-0.15, -0.1) is 0 Å². The van der Waals surface area contributed by atoms with Crippen molar-refractivity contribution in [3.63, 3.8) is 0 Å². The van der Waals surface area contributed by atoms with Crippen molar-refractivity contribution in [2.45, 2.75) is 65.7 Å². The molecule has 0 spiro atoms. The van der Waals surface area contributed by atoms with Crippen LogP contribution in [0.4, 0.5) is 0 Å². The maximum absolute atomic E-state index is 10.8. The van der Waals surface area contributed by atoms with Crippen LogP contribution in [0.1, 0.15) is 84.4 Å². The van der Waals surface area contributed by atoms with Crippen LogP contribution in [0.3, 0.4) is 0 Å². The lowest BCUT2D eigenvalue weighted by Crippen LogP contribution is -2.01. The lowest BCUT2D eigenvalue weighted by molar-refractivity contribution is -0.137. The molecule has 0 saturated carbocycles. The van der Waals surface area contributed by atoms with Gasteiger partial charge >= 0.3 is 5.97 Å². The van der Waals surface area contributed by atoms with E-state index in [-0.39, 0.29) is 5.97 Å². The van der Waals surface area contributed by atoms with Crippen LogP contribution in [0.15, 0.2) is 116 Å². The van der Waals surface area contributed by atoms with Gasteiger partial charge in [0.2, 0.25) is 0 Å². The van der Waals surface area contributed by atoms with Crippen LogP contribution in [-0.2, 0) is 25.5 Å². The molecule has 0 unspecified atom stereocenters. The Morgan fingerprint density at radius 3 is 1.65 bits per heavy atom. The zero-order valence-corrected chi connectivity index (χ0v) is 32.8. The Kier molecular flexibility index (Phi) is 19.7. The van der Waals surface area contributed by atoms with E-state index in [0.29, 0.717) is 12.9 Å². The summed E-state index contributed by atoms with van der Waals surface area (Å²) in [6.07, 6.45) is 9.62. The van der Waals surface area contributed by atoms with Crippen molar-refractivity contribution in [2.75, 3.05) is 20.3 Å². The first-order valence-electron chi connectivity index (χ1n) is 18.8. The van der Waals surface area contributed by atoms with E-state index in [1.54, 1.807) is 7.11 Å². The molecule has 5 rings (SSSR count). The summed E-state index contributed by atoms with van der Waals surface area (Å²) in [4.78, 5) is 19.9. The van der Waals surface area contributed by atoms with Gasteiger partial charge in [-0.2, -0.15) is 0 Å². The maximum Gasteiger partial charge on any atom is 0.330 e. The number of hydrogen-bond acceptors (Lipinski definition) is 4. The molecule has 0 bridgehead atoms. The van der Waals surface area contributed by atoms with E-state index in [1.807, 2.05) is 0 Å². The third-order valence-corrected chi connectivity index (χ3v) is 8.39. The molecule has 0 aromatic heterocycles. The molecule has 0 saturated heterocycles. The second-order valence-corrected chi connectivity index (χ2v) is 12.9. The summed E-state index contributed by atoms with van der Waals surface area (Å²) in [6.45, 7) is 14.1. The van der Waals surface area contributed by atoms with Crippen LogP contribution >= 0.6 is 0 Å². The van der Waals surface area contributed by atoms with Gasteiger partial charge < -0.3 is 9.47 Å². The fourth-order valence-electron chi connectivity index (χ4n) is 5.46. The molecular weight excluding hydrogens is 677 g/mol. The van der Waals surface area contributed by atoms with Crippen LogP contribution in [0.25, 0.3) is 21.5 Å². The third kappa shape index (κ3) is 16.2. The van der Waals surface area contributed by atoms with Crippen LogP contribution in [0, 0.1) is 49.4 Å². The van der Waals surface area contributed by atoms with Crippen molar-refractivity contribution < 1.29 is 19.1 Å². The Labute approximate surface area is 328 Å². The van der Waals surface area contributed by atoms with Crippen molar-refractivity contribution in [1.29, 1.82) is 0 Å². The van der Waals surface area contributed by atoms with Gasteiger partial charge in [-0.05, 0) is 122 Å². The van der Waals surface area contributed by atoms with Crippen LogP contribution in [0.5, 0.6) is 0 Å². The topological polar surface area (TPSA) is 52.6 Å². The van der Waals surface area contributed by atoms with Gasteiger partial charge in [0.25, 0.3) is 0 Å². The Morgan fingerprint density at radius 2 is 1.13 bits per heavy atom. The first-order chi connectivity index (χ1) is 26.8. The number of aldehydes is 1. The van der Waals surface area contributed by atoms with Gasteiger partial charge in [0.15, 0.2) is 0 Å². The molecule has 0 aliphatic heterocycles. The lowest BCUT2D eigenvalue weighted by Gasteiger charge is -2.03. The number of carbonyl (C=O) groups excluding carboxylic acids is 2. The molecule has 0 aliphatic carbocycles. The fourth-order valence-corrected chi connectivity index (χ4v) is 5.46. The van der Waals surface area contributed by atoms with E-state index in [2.05, 4.69) is 160 Å². The van der Waals surface area contributed by atoms with Gasteiger partial charge in [0, 0.05) is 54.9 Å². The minimum Gasteiger partial charge on any atom is -0.463 e. The molecule has 5 aromatic rings. The van der Waals surface area contributed by atoms with Gasteiger partial charge in [-0.1, -0.05) is 115 Å². The van der Waals surface area contributed by atoms with Crippen molar-refractivity contribution in [3.8, 4) is 35.5 Å². The van der Waals surface area contributed by atoms with E-state index < -0.39 is 0 Å². The van der Waals surface area contributed by atoms with E-state index in [4.69, 9.17) is 14.3 Å². The Hall–Kier alpha value is -6.12. The van der Waals surface area contributed by atoms with Crippen LogP contribution < -0.4 is 0 Å². The number of unbranched alkanes of at least 4 members (excludes halogenated alkanes) is 4. The molecule has 55 heavy (non-hydrogen) atoms. The van der Waals surface area contributed by atoms with E-state index in [0.717, 1.165) is 73.8 Å². The van der Waals surface area contributed by atoms with E-state index in [1.165, 1.54) is 50.4 Å². The second-order valence-electron chi connectivity index (χ2n) is 12.9. The highest BCUT2D eigenvalue weighted by molar-refractivity contribution is 5.86. The zero-order valence-electron chi connectivity index (χ0n) is 32.8. The number of benzene rings is 5. The van der Waals surface area contributed by atoms with Gasteiger partial charge in [0.1, 0.15) is 6.29 Å².